The fraction of sp³-hybridized carbons (Fsp3) is 0.514. The Hall–Kier alpha value is -2.68. The summed E-state index contributed by atoms with van der Waals surface area (Å²) in [5, 5.41) is 12.2. The largest absolute Gasteiger partial charge is 0.490 e. The van der Waals surface area contributed by atoms with E-state index in [1.165, 1.54) is 11.1 Å². The maximum absolute atomic E-state index is 14.2. The molecule has 1 fully saturated rings. The Labute approximate surface area is 268 Å². The molecule has 1 heterocycles. The predicted octanol–water partition coefficient (Wildman–Crippen LogP) is 7.21. The predicted molar refractivity (Wildman–Crippen MR) is 176 cm³/mol. The van der Waals surface area contributed by atoms with Gasteiger partial charge in [0.15, 0.2) is 0 Å². The molecule has 2 aliphatic carbocycles. The van der Waals surface area contributed by atoms with E-state index in [-0.39, 0.29) is 28.9 Å². The van der Waals surface area contributed by atoms with Gasteiger partial charge >= 0.3 is 0 Å². The van der Waals surface area contributed by atoms with Crippen LogP contribution in [-0.4, -0.2) is 45.8 Å². The number of carbonyl (C=O) groups is 1. The van der Waals surface area contributed by atoms with Crippen molar-refractivity contribution in [1.82, 2.24) is 4.72 Å². The zero-order valence-corrected chi connectivity index (χ0v) is 27.5. The van der Waals surface area contributed by atoms with Crippen molar-refractivity contribution < 1.29 is 23.2 Å². The number of nitrogens with one attached hydrogen (secondary N) is 1. The molecule has 1 amide bonds. The summed E-state index contributed by atoms with van der Waals surface area (Å²) in [6.45, 7) is 10.8. The van der Waals surface area contributed by atoms with Gasteiger partial charge in [0.05, 0.1) is 23.7 Å². The third-order valence-electron chi connectivity index (χ3n) is 9.55. The lowest BCUT2D eigenvalue weighted by atomic mass is 9.63. The Morgan fingerprint density at radius 1 is 1.32 bits per heavy atom. The van der Waals surface area contributed by atoms with E-state index in [1.807, 2.05) is 31.2 Å². The van der Waals surface area contributed by atoms with Gasteiger partial charge in [-0.25, -0.2) is 8.60 Å². The van der Waals surface area contributed by atoms with Crippen molar-refractivity contribution >= 4 is 34.2 Å². The van der Waals surface area contributed by atoms with Crippen LogP contribution in [0.1, 0.15) is 80.8 Å². The highest BCUT2D eigenvalue weighted by molar-refractivity contribution is 7.84. The minimum Gasteiger partial charge on any atom is -0.490 e. The lowest BCUT2D eigenvalue weighted by molar-refractivity contribution is -0.0473. The monoisotopic (exact) mass is 642 g/mol. The maximum atomic E-state index is 14.2. The molecule has 2 aromatic rings. The van der Waals surface area contributed by atoms with Gasteiger partial charge in [-0.1, -0.05) is 43.3 Å². The number of ether oxygens (including phenoxy) is 1. The summed E-state index contributed by atoms with van der Waals surface area (Å²) in [5.41, 5.74) is 2.04. The van der Waals surface area contributed by atoms with Crippen molar-refractivity contribution in [2.45, 2.75) is 82.0 Å². The molecule has 44 heavy (non-hydrogen) atoms. The van der Waals surface area contributed by atoms with Gasteiger partial charge in [-0.05, 0) is 106 Å². The Morgan fingerprint density at radius 3 is 2.80 bits per heavy atom. The molecule has 6 nitrogen and oxygen atoms in total. The number of benzene rings is 2. The molecule has 1 saturated carbocycles. The molecule has 238 valence electrons. The summed E-state index contributed by atoms with van der Waals surface area (Å²) < 4.78 is 35.8. The summed E-state index contributed by atoms with van der Waals surface area (Å²) in [6.07, 6.45) is 8.85. The maximum Gasteiger partial charge on any atom is 0.263 e. The fourth-order valence-corrected chi connectivity index (χ4v) is 7.93. The second-order valence-corrected chi connectivity index (χ2v) is 15.2. The van der Waals surface area contributed by atoms with E-state index in [0.717, 1.165) is 49.2 Å². The van der Waals surface area contributed by atoms with E-state index in [4.69, 9.17) is 16.3 Å². The Balaban J connectivity index is 1.53. The number of aryl methyl sites for hydroxylation is 1. The first-order valence-corrected chi connectivity index (χ1v) is 17.3. The Bertz CT molecular complexity index is 1460. The number of fused-ring (bicyclic) bond motifs is 3. The Morgan fingerprint density at radius 2 is 2.11 bits per heavy atom. The van der Waals surface area contributed by atoms with Crippen molar-refractivity contribution in [2.75, 3.05) is 24.6 Å². The van der Waals surface area contributed by atoms with Crippen LogP contribution in [0.5, 0.6) is 5.75 Å². The van der Waals surface area contributed by atoms with Crippen molar-refractivity contribution in [2.24, 2.45) is 11.8 Å². The number of nitrogens with zero attached hydrogens (tertiary/aromatic N) is 1. The zero-order chi connectivity index (χ0) is 31.6. The second kappa shape index (κ2) is 13.4. The third kappa shape index (κ3) is 6.77. The van der Waals surface area contributed by atoms with E-state index >= 15 is 0 Å². The van der Waals surface area contributed by atoms with Crippen LogP contribution < -0.4 is 14.4 Å². The highest BCUT2D eigenvalue weighted by Gasteiger charge is 2.48. The molecule has 9 heteroatoms. The molecule has 0 saturated heterocycles. The van der Waals surface area contributed by atoms with Gasteiger partial charge in [-0.3, -0.25) is 9.52 Å². The molecule has 5 rings (SSSR count). The Kier molecular flexibility index (Phi) is 9.93. The molecule has 5 atom stereocenters. The number of allylic oxidation sites excluding steroid dienone is 1. The first kappa shape index (κ1) is 32.7. The average molecular weight is 643 g/mol. The van der Waals surface area contributed by atoms with Crippen molar-refractivity contribution in [1.29, 1.82) is 0 Å². The number of amides is 1. The van der Waals surface area contributed by atoms with Crippen LogP contribution in [0, 0.1) is 11.8 Å². The molecular weight excluding hydrogens is 599 g/mol. The summed E-state index contributed by atoms with van der Waals surface area (Å²) in [7, 11) is -1.50. The highest BCUT2D eigenvalue weighted by atomic mass is 35.5. The number of hydrogen-bond acceptors (Lipinski definition) is 5. The van der Waals surface area contributed by atoms with Crippen LogP contribution in [0.4, 0.5) is 10.1 Å². The van der Waals surface area contributed by atoms with Crippen LogP contribution in [0.25, 0.3) is 0 Å². The molecule has 1 aliphatic heterocycles. The quantitative estimate of drug-likeness (QED) is 0.268. The van der Waals surface area contributed by atoms with E-state index < -0.39 is 28.3 Å². The zero-order valence-electron chi connectivity index (χ0n) is 25.9. The molecule has 2 aromatic carbocycles. The van der Waals surface area contributed by atoms with Gasteiger partial charge in [0.2, 0.25) is 0 Å². The summed E-state index contributed by atoms with van der Waals surface area (Å²) >= 11 is 6.40. The smallest absolute Gasteiger partial charge is 0.263 e. The van der Waals surface area contributed by atoms with Crippen LogP contribution in [0.2, 0.25) is 5.02 Å². The summed E-state index contributed by atoms with van der Waals surface area (Å²) in [5.74, 6) is -0.308. The first-order valence-electron chi connectivity index (χ1n) is 15.7. The van der Waals surface area contributed by atoms with Crippen LogP contribution >= 0.6 is 11.6 Å². The first-order chi connectivity index (χ1) is 20.9. The van der Waals surface area contributed by atoms with Crippen LogP contribution in [0.15, 0.2) is 61.0 Å². The van der Waals surface area contributed by atoms with E-state index in [2.05, 4.69) is 28.3 Å². The number of halogens is 2. The topological polar surface area (TPSA) is 78.9 Å². The third-order valence-corrected chi connectivity index (χ3v) is 11.0. The molecule has 0 aromatic heterocycles. The molecule has 0 radical (unpaired) electrons. The molecule has 0 bridgehead atoms. The fourth-order valence-electron chi connectivity index (χ4n) is 7.19. The molecule has 1 spiro atoms. The van der Waals surface area contributed by atoms with Crippen molar-refractivity contribution in [3.63, 3.8) is 0 Å². The average Bonchev–Trinajstić information content (AvgIpc) is 3.10. The van der Waals surface area contributed by atoms with Crippen LogP contribution in [0.3, 0.4) is 0 Å². The summed E-state index contributed by atoms with van der Waals surface area (Å²) in [6, 6.07) is 11.5. The summed E-state index contributed by atoms with van der Waals surface area (Å²) in [4.78, 5) is 15.4. The molecule has 2 N–H and O–H groups in total. The SMILES string of the molecule is C=C(F)C[C@@](O)(/C=C/CC)C1CCC1CN1C[C@@]2(CCCc3cc(Cl)ccc32)COc2ccc(C(=O)NS(=O)C(C)C)cc21. The van der Waals surface area contributed by atoms with Gasteiger partial charge in [0, 0.05) is 40.8 Å². The van der Waals surface area contributed by atoms with Gasteiger partial charge < -0.3 is 14.7 Å². The normalized spacial score (nSPS) is 24.9. The number of hydrogen-bond donors (Lipinski definition) is 2. The lowest BCUT2D eigenvalue weighted by Gasteiger charge is -2.49. The molecular formula is C35H44ClFN2O4S. The minimum atomic E-state index is -1.50. The van der Waals surface area contributed by atoms with E-state index in [0.29, 0.717) is 31.0 Å². The van der Waals surface area contributed by atoms with Crippen molar-refractivity contribution in [3.8, 4) is 5.75 Å². The second-order valence-electron chi connectivity index (χ2n) is 13.0. The van der Waals surface area contributed by atoms with Gasteiger partial charge in [-0.15, -0.1) is 0 Å². The minimum absolute atomic E-state index is 0.0862. The number of carbonyl (C=O) groups excluding carboxylic acids is 1. The number of rotatable bonds is 10. The standard InChI is InChI=1S/C35H44ClFN2O4S/c1-5-6-16-35(41,19-24(4)37)30-12-9-27(30)20-39-21-34(15-7-8-25-17-28(36)11-13-29(25)34)22-43-32-14-10-26(18-31(32)39)33(40)38-44(42)23(2)3/h6,10-11,13-14,16-18,23,27,30,41H,4-5,7-9,12,15,19-22H2,1-3H3,(H,38,40)/b16-6+/t27?,30?,34-,35-,44?/m0/s1. The van der Waals surface area contributed by atoms with E-state index in [1.54, 1.807) is 26.0 Å². The van der Waals surface area contributed by atoms with E-state index in [9.17, 15) is 18.5 Å². The highest BCUT2D eigenvalue weighted by Crippen LogP contribution is 2.49. The van der Waals surface area contributed by atoms with Gasteiger partial charge in [-0.2, -0.15) is 0 Å². The molecule has 3 aliphatic rings. The van der Waals surface area contributed by atoms with Crippen molar-refractivity contribution in [3.05, 3.63) is 82.7 Å². The van der Waals surface area contributed by atoms with Gasteiger partial charge in [0.25, 0.3) is 5.91 Å². The lowest BCUT2D eigenvalue weighted by Crippen LogP contribution is -2.52. The van der Waals surface area contributed by atoms with Gasteiger partial charge in [0.1, 0.15) is 16.7 Å². The van der Waals surface area contributed by atoms with Crippen LogP contribution in [-0.2, 0) is 22.8 Å². The number of aliphatic hydroxyl groups is 1. The molecule has 3 unspecified atom stereocenters. The number of anilines is 1.